The molecule has 0 spiro atoms. The van der Waals surface area contributed by atoms with Crippen molar-refractivity contribution >= 4 is 33.4 Å². The molecule has 0 radical (unpaired) electrons. The zero-order chi connectivity index (χ0) is 18.8. The lowest BCUT2D eigenvalue weighted by molar-refractivity contribution is -0.157. The topological polar surface area (TPSA) is 102 Å². The normalized spacial score (nSPS) is 32.7. The quantitative estimate of drug-likeness (QED) is 0.386. The van der Waals surface area contributed by atoms with Crippen LogP contribution in [0.5, 0.6) is 0 Å². The molecule has 0 aromatic heterocycles. The van der Waals surface area contributed by atoms with Crippen molar-refractivity contribution in [1.29, 1.82) is 0 Å². The van der Waals surface area contributed by atoms with Crippen molar-refractivity contribution in [3.05, 3.63) is 0 Å². The lowest BCUT2D eigenvalue weighted by Gasteiger charge is -2.34. The van der Waals surface area contributed by atoms with Gasteiger partial charge in [-0.05, 0) is 43.4 Å². The van der Waals surface area contributed by atoms with E-state index in [-0.39, 0.29) is 23.0 Å². The maximum Gasteiger partial charge on any atom is 0.500 e. The fraction of sp³-hybridized carbons (Fsp3) is 0.875. The van der Waals surface area contributed by atoms with Crippen molar-refractivity contribution < 1.29 is 33.1 Å². The Morgan fingerprint density at radius 2 is 1.64 bits per heavy atom. The highest BCUT2D eigenvalue weighted by Gasteiger charge is 2.59. The Morgan fingerprint density at radius 1 is 1.08 bits per heavy atom. The van der Waals surface area contributed by atoms with Gasteiger partial charge in [-0.3, -0.25) is 9.59 Å². The number of thiol groups is 1. The minimum absolute atomic E-state index is 0.0452. The molecule has 6 atom stereocenters. The van der Waals surface area contributed by atoms with Gasteiger partial charge in [-0.15, -0.1) is 0 Å². The number of hydrogen-bond acceptors (Lipinski definition) is 6. The summed E-state index contributed by atoms with van der Waals surface area (Å²) in [7, 11) is 2.14. The van der Waals surface area contributed by atoms with E-state index in [0.717, 1.165) is 19.3 Å². The molecule has 2 aliphatic carbocycles. The second-order valence-electron chi connectivity index (χ2n) is 7.04. The van der Waals surface area contributed by atoms with Crippen molar-refractivity contribution in [2.45, 2.75) is 37.0 Å². The first-order chi connectivity index (χ1) is 11.8. The van der Waals surface area contributed by atoms with Crippen molar-refractivity contribution in [2.24, 2.45) is 29.6 Å². The maximum absolute atomic E-state index is 11.6. The maximum atomic E-state index is 11.6. The van der Waals surface area contributed by atoms with Crippen LogP contribution >= 0.6 is 12.6 Å². The summed E-state index contributed by atoms with van der Waals surface area (Å²) >= 11 is 4.72. The molecule has 2 bridgehead atoms. The number of carboxylic acids is 2. The summed E-state index contributed by atoms with van der Waals surface area (Å²) in [5, 5.41) is 18.9. The summed E-state index contributed by atoms with van der Waals surface area (Å²) < 4.78 is 16.2. The van der Waals surface area contributed by atoms with Gasteiger partial charge in [0.1, 0.15) is 0 Å². The largest absolute Gasteiger partial charge is 0.500 e. The minimum Gasteiger partial charge on any atom is -0.481 e. The Bertz CT molecular complexity index is 491. The van der Waals surface area contributed by atoms with Gasteiger partial charge in [0.05, 0.1) is 11.8 Å². The van der Waals surface area contributed by atoms with E-state index in [1.165, 1.54) is 0 Å². The summed E-state index contributed by atoms with van der Waals surface area (Å²) in [6.07, 6.45) is 3.04. The average molecular weight is 393 g/mol. The first-order valence-corrected chi connectivity index (χ1v) is 11.0. The van der Waals surface area contributed by atoms with E-state index < -0.39 is 32.6 Å². The average Bonchev–Trinajstić information content (AvgIpc) is 3.17. The van der Waals surface area contributed by atoms with E-state index in [0.29, 0.717) is 12.5 Å². The van der Waals surface area contributed by atoms with Crippen LogP contribution in [0.2, 0.25) is 6.04 Å². The minimum atomic E-state index is -2.60. The number of fused-ring (bicyclic) bond motifs is 2. The molecule has 144 valence electrons. The predicted octanol–water partition coefficient (Wildman–Crippen LogP) is 2.00. The molecule has 0 heterocycles. The second-order valence-corrected chi connectivity index (χ2v) is 10.8. The summed E-state index contributed by atoms with van der Waals surface area (Å²) in [5.41, 5.74) is 0. The molecule has 0 amide bonds. The van der Waals surface area contributed by atoms with Gasteiger partial charge >= 0.3 is 20.7 Å². The Morgan fingerprint density at radius 3 is 2.12 bits per heavy atom. The van der Waals surface area contributed by atoms with Gasteiger partial charge in [0.15, 0.2) is 0 Å². The fourth-order valence-electron chi connectivity index (χ4n) is 4.84. The van der Waals surface area contributed by atoms with Gasteiger partial charge in [-0.25, -0.2) is 0 Å². The van der Waals surface area contributed by atoms with Crippen molar-refractivity contribution in [3.63, 3.8) is 0 Å². The lowest BCUT2D eigenvalue weighted by Crippen LogP contribution is -2.43. The SMILES string of the molecule is CO[Si](CCCC(S)C1CC2CC1C(C(=O)O)C2C(=O)O)(OC)OC. The first kappa shape index (κ1) is 20.7. The smallest absolute Gasteiger partial charge is 0.481 e. The van der Waals surface area contributed by atoms with Crippen molar-refractivity contribution in [2.75, 3.05) is 21.3 Å². The molecule has 2 N–H and O–H groups in total. The Balaban J connectivity index is 1.95. The third kappa shape index (κ3) is 4.05. The highest BCUT2D eigenvalue weighted by atomic mass is 32.1. The highest BCUT2D eigenvalue weighted by Crippen LogP contribution is 2.57. The molecule has 0 aromatic rings. The van der Waals surface area contributed by atoms with Gasteiger partial charge in [0.25, 0.3) is 0 Å². The van der Waals surface area contributed by atoms with Crippen LogP contribution in [-0.4, -0.2) is 57.5 Å². The Hall–Kier alpha value is -0.613. The molecular weight excluding hydrogens is 364 g/mol. The molecule has 2 aliphatic rings. The number of aliphatic carboxylic acids is 2. The van der Waals surface area contributed by atoms with Crippen LogP contribution in [-0.2, 0) is 22.9 Å². The van der Waals surface area contributed by atoms with Gasteiger partial charge in [0.2, 0.25) is 0 Å². The summed E-state index contributed by atoms with van der Waals surface area (Å²) in [4.78, 5) is 23.0. The van der Waals surface area contributed by atoms with Gasteiger partial charge < -0.3 is 23.5 Å². The van der Waals surface area contributed by atoms with Crippen LogP contribution in [0.1, 0.15) is 25.7 Å². The molecule has 2 rings (SSSR count). The van der Waals surface area contributed by atoms with Gasteiger partial charge in [-0.2, -0.15) is 12.6 Å². The van der Waals surface area contributed by atoms with Gasteiger partial charge in [0, 0.05) is 32.6 Å². The predicted molar refractivity (Wildman–Crippen MR) is 95.6 cm³/mol. The Kier molecular flexibility index (Phi) is 6.94. The number of carboxylic acid groups (broad SMARTS) is 2. The second kappa shape index (κ2) is 8.39. The highest BCUT2D eigenvalue weighted by molar-refractivity contribution is 7.81. The Labute approximate surface area is 154 Å². The fourth-order valence-corrected chi connectivity index (χ4v) is 7.12. The number of rotatable bonds is 10. The number of hydrogen-bond donors (Lipinski definition) is 3. The summed E-state index contributed by atoms with van der Waals surface area (Å²) in [5.74, 6) is -3.52. The van der Waals surface area contributed by atoms with E-state index in [2.05, 4.69) is 0 Å². The van der Waals surface area contributed by atoms with E-state index in [4.69, 9.17) is 25.9 Å². The van der Waals surface area contributed by atoms with Crippen LogP contribution in [0.4, 0.5) is 0 Å². The monoisotopic (exact) mass is 392 g/mol. The lowest BCUT2D eigenvalue weighted by atomic mass is 9.72. The molecule has 0 aromatic carbocycles. The van der Waals surface area contributed by atoms with Crippen molar-refractivity contribution in [3.8, 4) is 0 Å². The number of carbonyl (C=O) groups is 2. The molecular formula is C16H28O7SSi. The molecule has 0 saturated heterocycles. The standard InChI is InChI=1S/C16H28O7SSi/c1-21-25(22-2,23-3)6-4-5-12(24)10-7-9-8-11(10)14(16(19)20)13(9)15(17)18/h9-14,24H,4-8H2,1-3H3,(H,17,18)(H,19,20). The summed E-state index contributed by atoms with van der Waals surface area (Å²) in [6, 6.07) is 0.675. The van der Waals surface area contributed by atoms with Crippen LogP contribution in [0.25, 0.3) is 0 Å². The third-order valence-corrected chi connectivity index (χ3v) is 9.51. The molecule has 9 heteroatoms. The van der Waals surface area contributed by atoms with Crippen LogP contribution in [0, 0.1) is 29.6 Å². The van der Waals surface area contributed by atoms with E-state index in [1.54, 1.807) is 21.3 Å². The molecule has 2 saturated carbocycles. The molecule has 6 unspecified atom stereocenters. The summed E-state index contributed by atoms with van der Waals surface area (Å²) in [6.45, 7) is 0. The van der Waals surface area contributed by atoms with Crippen molar-refractivity contribution in [1.82, 2.24) is 0 Å². The zero-order valence-corrected chi connectivity index (χ0v) is 16.8. The van der Waals surface area contributed by atoms with Crippen LogP contribution in [0.3, 0.4) is 0 Å². The molecule has 25 heavy (non-hydrogen) atoms. The molecule has 2 fully saturated rings. The van der Waals surface area contributed by atoms with Crippen LogP contribution in [0.15, 0.2) is 0 Å². The van der Waals surface area contributed by atoms with Gasteiger partial charge in [-0.1, -0.05) is 0 Å². The third-order valence-electron chi connectivity index (χ3n) is 6.04. The zero-order valence-electron chi connectivity index (χ0n) is 14.9. The van der Waals surface area contributed by atoms with E-state index in [1.807, 2.05) is 0 Å². The first-order valence-electron chi connectivity index (χ1n) is 8.59. The van der Waals surface area contributed by atoms with E-state index in [9.17, 15) is 19.8 Å². The van der Waals surface area contributed by atoms with E-state index >= 15 is 0 Å². The molecule has 0 aliphatic heterocycles. The molecule has 7 nitrogen and oxygen atoms in total. The van der Waals surface area contributed by atoms with Crippen LogP contribution < -0.4 is 0 Å².